The molecule has 8 heteroatoms. The Bertz CT molecular complexity index is 720. The number of piperidine rings is 1. The number of sulfonamides is 1. The molecule has 2 fully saturated rings. The summed E-state index contributed by atoms with van der Waals surface area (Å²) in [6.45, 7) is 1.98. The minimum Gasteiger partial charge on any atom is -0.354 e. The van der Waals surface area contributed by atoms with Gasteiger partial charge in [0, 0.05) is 19.6 Å². The van der Waals surface area contributed by atoms with Crippen LogP contribution in [-0.4, -0.2) is 50.9 Å². The average molecular weight is 369 g/mol. The number of nitrogens with zero attached hydrogens (tertiary/aromatic N) is 1. The van der Waals surface area contributed by atoms with Crippen LogP contribution in [0.4, 0.5) is 4.39 Å². The largest absolute Gasteiger partial charge is 0.354 e. The van der Waals surface area contributed by atoms with Crippen molar-refractivity contribution in [1.82, 2.24) is 14.9 Å². The number of nitrogens with one attached hydrogen (secondary N) is 2. The van der Waals surface area contributed by atoms with Crippen molar-refractivity contribution >= 4 is 15.9 Å². The van der Waals surface area contributed by atoms with Crippen LogP contribution in [0.25, 0.3) is 0 Å². The second kappa shape index (κ2) is 7.80. The van der Waals surface area contributed by atoms with Crippen LogP contribution >= 0.6 is 0 Å². The van der Waals surface area contributed by atoms with Crippen molar-refractivity contribution < 1.29 is 17.6 Å². The first-order chi connectivity index (χ1) is 12.0. The van der Waals surface area contributed by atoms with Crippen LogP contribution in [0.3, 0.4) is 0 Å². The first kappa shape index (κ1) is 18.3. The predicted molar refractivity (Wildman–Crippen MR) is 91.9 cm³/mol. The normalized spacial score (nSPS) is 25.0. The highest BCUT2D eigenvalue weighted by atomic mass is 32.2. The first-order valence-electron chi connectivity index (χ1n) is 8.74. The van der Waals surface area contributed by atoms with Crippen LogP contribution in [0.5, 0.6) is 0 Å². The van der Waals surface area contributed by atoms with Crippen molar-refractivity contribution in [3.63, 3.8) is 0 Å². The monoisotopic (exact) mass is 369 g/mol. The number of amides is 1. The molecule has 25 heavy (non-hydrogen) atoms. The van der Waals surface area contributed by atoms with E-state index in [1.165, 1.54) is 22.5 Å². The SMILES string of the molecule is O=C(NCC1CCCN(S(=O)(=O)c2ccccc2F)C1)C1CCCN1. The van der Waals surface area contributed by atoms with Gasteiger partial charge in [-0.2, -0.15) is 4.31 Å². The van der Waals surface area contributed by atoms with E-state index in [1.807, 2.05) is 0 Å². The Morgan fingerprint density at radius 1 is 1.28 bits per heavy atom. The Balaban J connectivity index is 1.61. The van der Waals surface area contributed by atoms with Gasteiger partial charge in [-0.05, 0) is 50.3 Å². The van der Waals surface area contributed by atoms with E-state index in [-0.39, 0.29) is 22.8 Å². The molecule has 2 unspecified atom stereocenters. The lowest BCUT2D eigenvalue weighted by molar-refractivity contribution is -0.123. The Labute approximate surface area is 147 Å². The highest BCUT2D eigenvalue weighted by Gasteiger charge is 2.32. The topological polar surface area (TPSA) is 78.5 Å². The summed E-state index contributed by atoms with van der Waals surface area (Å²) < 4.78 is 40.6. The summed E-state index contributed by atoms with van der Waals surface area (Å²) in [5.41, 5.74) is 0. The van der Waals surface area contributed by atoms with Crippen LogP contribution in [0.15, 0.2) is 29.2 Å². The molecule has 2 N–H and O–H groups in total. The second-order valence-corrected chi connectivity index (χ2v) is 8.60. The van der Waals surface area contributed by atoms with E-state index in [2.05, 4.69) is 10.6 Å². The van der Waals surface area contributed by atoms with Gasteiger partial charge in [0.05, 0.1) is 6.04 Å². The number of hydrogen-bond donors (Lipinski definition) is 2. The van der Waals surface area contributed by atoms with Gasteiger partial charge in [0.15, 0.2) is 0 Å². The van der Waals surface area contributed by atoms with E-state index in [0.717, 1.165) is 31.9 Å². The fraction of sp³-hybridized carbons (Fsp3) is 0.588. The lowest BCUT2D eigenvalue weighted by Crippen LogP contribution is -2.46. The van der Waals surface area contributed by atoms with E-state index in [1.54, 1.807) is 0 Å². The zero-order chi connectivity index (χ0) is 17.9. The molecule has 0 aliphatic carbocycles. The molecule has 2 aliphatic heterocycles. The smallest absolute Gasteiger partial charge is 0.245 e. The Morgan fingerprint density at radius 3 is 2.80 bits per heavy atom. The molecule has 0 saturated carbocycles. The molecule has 2 aliphatic rings. The zero-order valence-corrected chi connectivity index (χ0v) is 14.9. The molecule has 0 bridgehead atoms. The van der Waals surface area contributed by atoms with Gasteiger partial charge in [0.2, 0.25) is 15.9 Å². The van der Waals surface area contributed by atoms with E-state index in [0.29, 0.717) is 26.1 Å². The summed E-state index contributed by atoms with van der Waals surface area (Å²) >= 11 is 0. The Morgan fingerprint density at radius 2 is 2.08 bits per heavy atom. The van der Waals surface area contributed by atoms with Gasteiger partial charge in [-0.25, -0.2) is 12.8 Å². The molecule has 0 spiro atoms. The molecule has 0 aromatic heterocycles. The highest BCUT2D eigenvalue weighted by molar-refractivity contribution is 7.89. The maximum Gasteiger partial charge on any atom is 0.245 e. The van der Waals surface area contributed by atoms with Crippen molar-refractivity contribution in [3.8, 4) is 0 Å². The van der Waals surface area contributed by atoms with Crippen LogP contribution in [-0.2, 0) is 14.8 Å². The number of benzene rings is 1. The van der Waals surface area contributed by atoms with Crippen molar-refractivity contribution in [2.24, 2.45) is 5.92 Å². The van der Waals surface area contributed by atoms with Crippen LogP contribution in [0, 0.1) is 11.7 Å². The Kier molecular flexibility index (Phi) is 5.71. The highest BCUT2D eigenvalue weighted by Crippen LogP contribution is 2.25. The number of carbonyl (C=O) groups excluding carboxylic acids is 1. The maximum absolute atomic E-state index is 13.9. The van der Waals surface area contributed by atoms with Gasteiger partial charge in [-0.3, -0.25) is 4.79 Å². The Hall–Kier alpha value is -1.51. The summed E-state index contributed by atoms with van der Waals surface area (Å²) in [5.74, 6) is -0.711. The standard InChI is InChI=1S/C17H24FN3O3S/c18-14-6-1-2-8-16(14)25(23,24)21-10-4-5-13(12-21)11-20-17(22)15-7-3-9-19-15/h1-2,6,8,13,15,19H,3-5,7,9-12H2,(H,20,22). The van der Waals surface area contributed by atoms with Crippen LogP contribution in [0.1, 0.15) is 25.7 Å². The minimum atomic E-state index is -3.85. The molecular weight excluding hydrogens is 345 g/mol. The van der Waals surface area contributed by atoms with E-state index >= 15 is 0 Å². The predicted octanol–water partition coefficient (Wildman–Crippen LogP) is 1.09. The van der Waals surface area contributed by atoms with E-state index in [9.17, 15) is 17.6 Å². The molecule has 138 valence electrons. The molecule has 2 saturated heterocycles. The third-order valence-electron chi connectivity index (χ3n) is 4.88. The van der Waals surface area contributed by atoms with Gasteiger partial charge in [0.1, 0.15) is 10.7 Å². The zero-order valence-electron chi connectivity index (χ0n) is 14.1. The summed E-state index contributed by atoms with van der Waals surface area (Å²) in [6.07, 6.45) is 3.39. The quantitative estimate of drug-likeness (QED) is 0.815. The molecule has 1 aromatic rings. The third-order valence-corrected chi connectivity index (χ3v) is 6.78. The molecule has 0 radical (unpaired) electrons. The van der Waals surface area contributed by atoms with Gasteiger partial charge in [-0.15, -0.1) is 0 Å². The van der Waals surface area contributed by atoms with Crippen molar-refractivity contribution in [2.45, 2.75) is 36.6 Å². The van der Waals surface area contributed by atoms with Gasteiger partial charge in [0.25, 0.3) is 0 Å². The van der Waals surface area contributed by atoms with Crippen molar-refractivity contribution in [3.05, 3.63) is 30.1 Å². The van der Waals surface area contributed by atoms with Crippen LogP contribution < -0.4 is 10.6 Å². The lowest BCUT2D eigenvalue weighted by atomic mass is 9.99. The number of halogens is 1. The molecule has 1 aromatic carbocycles. The summed E-state index contributed by atoms with van der Waals surface area (Å²) in [5, 5.41) is 6.07. The summed E-state index contributed by atoms with van der Waals surface area (Å²) in [7, 11) is -3.85. The van der Waals surface area contributed by atoms with E-state index < -0.39 is 15.8 Å². The summed E-state index contributed by atoms with van der Waals surface area (Å²) in [4.78, 5) is 11.8. The second-order valence-electron chi connectivity index (χ2n) is 6.70. The average Bonchev–Trinajstić information content (AvgIpc) is 3.15. The number of rotatable bonds is 5. The van der Waals surface area contributed by atoms with Crippen LogP contribution in [0.2, 0.25) is 0 Å². The number of hydrogen-bond acceptors (Lipinski definition) is 4. The lowest BCUT2D eigenvalue weighted by Gasteiger charge is -2.32. The molecule has 2 heterocycles. The third kappa shape index (κ3) is 4.19. The fourth-order valence-corrected chi connectivity index (χ4v) is 5.10. The fourth-order valence-electron chi connectivity index (χ4n) is 3.48. The van der Waals surface area contributed by atoms with Crippen molar-refractivity contribution in [1.29, 1.82) is 0 Å². The molecule has 1 amide bonds. The van der Waals surface area contributed by atoms with Crippen molar-refractivity contribution in [2.75, 3.05) is 26.2 Å². The summed E-state index contributed by atoms with van der Waals surface area (Å²) in [6, 6.07) is 5.30. The maximum atomic E-state index is 13.9. The van der Waals surface area contributed by atoms with Gasteiger partial charge < -0.3 is 10.6 Å². The van der Waals surface area contributed by atoms with Gasteiger partial charge >= 0.3 is 0 Å². The van der Waals surface area contributed by atoms with Gasteiger partial charge in [-0.1, -0.05) is 12.1 Å². The first-order valence-corrected chi connectivity index (χ1v) is 10.2. The molecule has 6 nitrogen and oxygen atoms in total. The van der Waals surface area contributed by atoms with E-state index in [4.69, 9.17) is 0 Å². The molecular formula is C17H24FN3O3S. The minimum absolute atomic E-state index is 0.0217. The molecule has 3 rings (SSSR count). The molecule has 2 atom stereocenters. The number of carbonyl (C=O) groups is 1.